The summed E-state index contributed by atoms with van der Waals surface area (Å²) in [6, 6.07) is 1.44. The number of alkyl halides is 3. The zero-order valence-corrected chi connectivity index (χ0v) is 12.5. The minimum absolute atomic E-state index is 0.00102. The van der Waals surface area contributed by atoms with E-state index in [1.54, 1.807) is 16.1 Å². The predicted octanol–water partition coefficient (Wildman–Crippen LogP) is 2.72. The third-order valence-electron chi connectivity index (χ3n) is 3.35. The number of hydrogen-bond acceptors (Lipinski definition) is 2. The molecule has 1 aromatic heterocycles. The van der Waals surface area contributed by atoms with Gasteiger partial charge in [-0.3, -0.25) is 4.79 Å². The number of halogens is 4. The molecule has 5 nitrogen and oxygen atoms in total. The zero-order valence-electron chi connectivity index (χ0n) is 10.9. The summed E-state index contributed by atoms with van der Waals surface area (Å²) in [5.41, 5.74) is -3.34. The quantitative estimate of drug-likeness (QED) is 0.858. The largest absolute Gasteiger partial charge is 0.479 e. The molecule has 0 saturated heterocycles. The average Bonchev–Trinajstić information content (AvgIpc) is 3.10. The normalized spacial score (nSPS) is 18.1. The Balaban J connectivity index is 2.30. The number of carbonyl (C=O) groups is 2. The molecule has 1 aliphatic carbocycles. The molecule has 1 saturated carbocycles. The van der Waals surface area contributed by atoms with Crippen molar-refractivity contribution in [1.29, 1.82) is 0 Å². The Bertz CT molecular complexity index is 595. The van der Waals surface area contributed by atoms with Gasteiger partial charge in [-0.2, -0.15) is 13.2 Å². The van der Waals surface area contributed by atoms with Crippen molar-refractivity contribution >= 4 is 27.8 Å². The topological polar surface area (TPSA) is 71.3 Å². The van der Waals surface area contributed by atoms with Gasteiger partial charge in [0.25, 0.3) is 5.91 Å². The molecule has 1 unspecified atom stereocenters. The molecular weight excluding hydrogens is 357 g/mol. The average molecular weight is 369 g/mol. The summed E-state index contributed by atoms with van der Waals surface area (Å²) in [7, 11) is 0. The second kappa shape index (κ2) is 5.04. The Hall–Kier alpha value is -1.51. The predicted molar refractivity (Wildman–Crippen MR) is 70.0 cm³/mol. The monoisotopic (exact) mass is 368 g/mol. The molecule has 1 amide bonds. The maximum Gasteiger partial charge on any atom is 0.422 e. The van der Waals surface area contributed by atoms with Crippen LogP contribution in [0.5, 0.6) is 0 Å². The van der Waals surface area contributed by atoms with Crippen LogP contribution < -0.4 is 5.32 Å². The van der Waals surface area contributed by atoms with Gasteiger partial charge in [-0.25, -0.2) is 4.79 Å². The van der Waals surface area contributed by atoms with E-state index < -0.39 is 23.6 Å². The summed E-state index contributed by atoms with van der Waals surface area (Å²) in [4.78, 5) is 23.0. The number of carbonyl (C=O) groups excluding carboxylic acids is 1. The summed E-state index contributed by atoms with van der Waals surface area (Å²) in [5.74, 6) is -3.23. The van der Waals surface area contributed by atoms with Crippen LogP contribution in [0.3, 0.4) is 0 Å². The van der Waals surface area contributed by atoms with Gasteiger partial charge in [-0.1, -0.05) is 0 Å². The number of aromatic nitrogens is 1. The van der Waals surface area contributed by atoms with Gasteiger partial charge in [0.15, 0.2) is 0 Å². The van der Waals surface area contributed by atoms with Crippen molar-refractivity contribution in [2.45, 2.75) is 37.5 Å². The van der Waals surface area contributed by atoms with Crippen molar-refractivity contribution in [3.63, 3.8) is 0 Å². The molecule has 0 bridgehead atoms. The highest BCUT2D eigenvalue weighted by Crippen LogP contribution is 2.38. The van der Waals surface area contributed by atoms with E-state index in [-0.39, 0.29) is 11.7 Å². The molecule has 1 aromatic rings. The second-order valence-electron chi connectivity index (χ2n) is 5.06. The number of hydrogen-bond donors (Lipinski definition) is 2. The first-order valence-electron chi connectivity index (χ1n) is 6.06. The van der Waals surface area contributed by atoms with Crippen molar-refractivity contribution in [2.24, 2.45) is 0 Å². The molecule has 0 spiro atoms. The van der Waals surface area contributed by atoms with Crippen molar-refractivity contribution < 1.29 is 27.9 Å². The van der Waals surface area contributed by atoms with Gasteiger partial charge in [-0.05, 0) is 41.8 Å². The van der Waals surface area contributed by atoms with E-state index in [2.05, 4.69) is 15.9 Å². The SMILES string of the molecule is CC(NC(=O)c1cc(Br)cn1C1CC1)(C(=O)O)C(F)(F)F. The standard InChI is InChI=1S/C12H12BrF3N2O3/c1-11(10(20)21,12(14,15)16)17-9(19)8-4-6(13)5-18(8)7-2-3-7/h4-5,7H,2-3H2,1H3,(H,17,19)(H,20,21). The highest BCUT2D eigenvalue weighted by Gasteiger charge is 2.58. The molecule has 116 valence electrons. The molecule has 21 heavy (non-hydrogen) atoms. The van der Waals surface area contributed by atoms with E-state index in [1.165, 1.54) is 6.07 Å². The Morgan fingerprint density at radius 1 is 1.43 bits per heavy atom. The molecular formula is C12H12BrF3N2O3. The summed E-state index contributed by atoms with van der Waals surface area (Å²) in [6.45, 7) is 0.423. The van der Waals surface area contributed by atoms with Crippen molar-refractivity contribution in [1.82, 2.24) is 9.88 Å². The van der Waals surface area contributed by atoms with E-state index in [9.17, 15) is 22.8 Å². The highest BCUT2D eigenvalue weighted by molar-refractivity contribution is 9.10. The van der Waals surface area contributed by atoms with E-state index in [4.69, 9.17) is 5.11 Å². The summed E-state index contributed by atoms with van der Waals surface area (Å²) >= 11 is 3.16. The van der Waals surface area contributed by atoms with Crippen LogP contribution >= 0.6 is 15.9 Å². The lowest BCUT2D eigenvalue weighted by Gasteiger charge is -2.28. The Labute approximate surface area is 126 Å². The molecule has 0 aliphatic heterocycles. The van der Waals surface area contributed by atoms with Gasteiger partial charge in [0.2, 0.25) is 5.54 Å². The molecule has 2 N–H and O–H groups in total. The Morgan fingerprint density at radius 2 is 2.00 bits per heavy atom. The van der Waals surface area contributed by atoms with Crippen molar-refractivity contribution in [2.75, 3.05) is 0 Å². The fourth-order valence-corrected chi connectivity index (χ4v) is 2.26. The van der Waals surface area contributed by atoms with Gasteiger partial charge in [0.1, 0.15) is 5.69 Å². The molecule has 1 atom stereocenters. The van der Waals surface area contributed by atoms with Gasteiger partial charge in [0.05, 0.1) is 0 Å². The smallest absolute Gasteiger partial charge is 0.422 e. The Morgan fingerprint density at radius 3 is 2.43 bits per heavy atom. The Kier molecular flexibility index (Phi) is 3.81. The maximum atomic E-state index is 12.9. The zero-order chi connectivity index (χ0) is 16.0. The molecule has 0 radical (unpaired) electrons. The minimum atomic E-state index is -5.11. The maximum absolute atomic E-state index is 12.9. The summed E-state index contributed by atoms with van der Waals surface area (Å²) in [6.07, 6.45) is -1.85. The van der Waals surface area contributed by atoms with Crippen molar-refractivity contribution in [3.8, 4) is 0 Å². The number of nitrogens with zero attached hydrogens (tertiary/aromatic N) is 1. The first-order chi connectivity index (χ1) is 9.56. The first-order valence-corrected chi connectivity index (χ1v) is 6.85. The summed E-state index contributed by atoms with van der Waals surface area (Å²) in [5, 5.41) is 10.4. The van der Waals surface area contributed by atoms with E-state index in [0.717, 1.165) is 12.8 Å². The number of carboxylic acids is 1. The fraction of sp³-hybridized carbons (Fsp3) is 0.500. The fourth-order valence-electron chi connectivity index (χ4n) is 1.82. The lowest BCUT2D eigenvalue weighted by Crippen LogP contribution is -2.62. The van der Waals surface area contributed by atoms with E-state index in [1.807, 2.05) is 0 Å². The van der Waals surface area contributed by atoms with Crippen LogP contribution in [-0.4, -0.2) is 33.3 Å². The molecule has 0 aromatic carbocycles. The number of aliphatic carboxylic acids is 1. The number of nitrogens with one attached hydrogen (secondary N) is 1. The minimum Gasteiger partial charge on any atom is -0.479 e. The third kappa shape index (κ3) is 2.92. The second-order valence-corrected chi connectivity index (χ2v) is 5.98. The van der Waals surface area contributed by atoms with Crippen LogP contribution in [0.2, 0.25) is 0 Å². The molecule has 1 aliphatic rings. The van der Waals surface area contributed by atoms with Crippen LogP contribution in [0.15, 0.2) is 16.7 Å². The molecule has 9 heteroatoms. The van der Waals surface area contributed by atoms with Crippen LogP contribution in [-0.2, 0) is 4.79 Å². The first kappa shape index (κ1) is 15.9. The number of carboxylic acid groups (broad SMARTS) is 1. The molecule has 1 fully saturated rings. The van der Waals surface area contributed by atoms with E-state index >= 15 is 0 Å². The summed E-state index contributed by atoms with van der Waals surface area (Å²) < 4.78 is 40.8. The third-order valence-corrected chi connectivity index (χ3v) is 3.78. The number of rotatable bonds is 4. The highest BCUT2D eigenvalue weighted by atomic mass is 79.9. The lowest BCUT2D eigenvalue weighted by atomic mass is 10.0. The van der Waals surface area contributed by atoms with E-state index in [0.29, 0.717) is 11.4 Å². The molecule has 1 heterocycles. The molecule has 2 rings (SSSR count). The van der Waals surface area contributed by atoms with Crippen LogP contribution in [0, 0.1) is 0 Å². The van der Waals surface area contributed by atoms with Crippen LogP contribution in [0.25, 0.3) is 0 Å². The van der Waals surface area contributed by atoms with Crippen LogP contribution in [0.1, 0.15) is 36.3 Å². The van der Waals surface area contributed by atoms with Gasteiger partial charge in [0, 0.05) is 16.7 Å². The van der Waals surface area contributed by atoms with Crippen molar-refractivity contribution in [3.05, 3.63) is 22.4 Å². The lowest BCUT2D eigenvalue weighted by molar-refractivity contribution is -0.203. The van der Waals surface area contributed by atoms with Gasteiger partial charge in [-0.15, -0.1) is 0 Å². The van der Waals surface area contributed by atoms with Gasteiger partial charge >= 0.3 is 12.1 Å². The van der Waals surface area contributed by atoms with Crippen LogP contribution in [0.4, 0.5) is 13.2 Å². The number of amides is 1. The van der Waals surface area contributed by atoms with Gasteiger partial charge < -0.3 is 15.0 Å².